The Hall–Kier alpha value is -0.200. The van der Waals surface area contributed by atoms with Gasteiger partial charge in [0, 0.05) is 58.4 Å². The van der Waals surface area contributed by atoms with Crippen molar-refractivity contribution in [2.75, 3.05) is 78.7 Å². The third-order valence-electron chi connectivity index (χ3n) is 4.74. The molecule has 19 heavy (non-hydrogen) atoms. The Balaban J connectivity index is 1.36. The molecule has 3 saturated heterocycles. The van der Waals surface area contributed by atoms with E-state index in [2.05, 4.69) is 20.0 Å². The highest BCUT2D eigenvalue weighted by molar-refractivity contribution is 4.86. The molecule has 0 aromatic heterocycles. The first-order valence-electron chi connectivity index (χ1n) is 7.89. The molecule has 0 aliphatic carbocycles. The van der Waals surface area contributed by atoms with Crippen LogP contribution in [0.25, 0.3) is 0 Å². The number of rotatable bonds is 4. The van der Waals surface area contributed by atoms with Crippen LogP contribution in [0.1, 0.15) is 6.42 Å². The van der Waals surface area contributed by atoms with E-state index in [1.807, 2.05) is 0 Å². The van der Waals surface area contributed by atoms with Crippen LogP contribution in [0.4, 0.5) is 0 Å². The summed E-state index contributed by atoms with van der Waals surface area (Å²) < 4.78 is 5.40. The minimum Gasteiger partial charge on any atom is -0.379 e. The van der Waals surface area contributed by atoms with E-state index in [0.717, 1.165) is 32.3 Å². The molecule has 0 saturated carbocycles. The molecule has 5 nitrogen and oxygen atoms in total. The number of hydrogen-bond donors (Lipinski definition) is 1. The van der Waals surface area contributed by atoms with Crippen molar-refractivity contribution in [3.63, 3.8) is 0 Å². The number of hydrogen-bond acceptors (Lipinski definition) is 5. The number of morpholine rings is 1. The third-order valence-corrected chi connectivity index (χ3v) is 4.74. The molecule has 3 aliphatic rings. The summed E-state index contributed by atoms with van der Waals surface area (Å²) in [5, 5.41) is 3.38. The summed E-state index contributed by atoms with van der Waals surface area (Å²) in [6.45, 7) is 14.0. The zero-order valence-corrected chi connectivity index (χ0v) is 12.0. The quantitative estimate of drug-likeness (QED) is 0.728. The molecule has 0 bridgehead atoms. The summed E-state index contributed by atoms with van der Waals surface area (Å²) >= 11 is 0. The molecule has 3 heterocycles. The molecule has 110 valence electrons. The highest BCUT2D eigenvalue weighted by Crippen LogP contribution is 2.10. The van der Waals surface area contributed by atoms with Crippen molar-refractivity contribution in [1.82, 2.24) is 20.0 Å². The SMILES string of the molecule is C1CN(CCN2CCOCC2)CCN(C2CNC2)C1. The average molecular weight is 268 g/mol. The van der Waals surface area contributed by atoms with Crippen LogP contribution in [-0.4, -0.2) is 99.4 Å². The van der Waals surface area contributed by atoms with Crippen molar-refractivity contribution < 1.29 is 4.74 Å². The van der Waals surface area contributed by atoms with Gasteiger partial charge in [0.1, 0.15) is 0 Å². The Morgan fingerprint density at radius 1 is 0.842 bits per heavy atom. The van der Waals surface area contributed by atoms with Gasteiger partial charge in [0.15, 0.2) is 0 Å². The standard InChI is InChI=1S/C14H28N4O/c1-2-16(4-5-17-8-10-19-11-9-17)6-7-18(3-1)14-12-15-13-14/h14-15H,1-13H2. The Morgan fingerprint density at radius 3 is 2.26 bits per heavy atom. The summed E-state index contributed by atoms with van der Waals surface area (Å²) in [5.74, 6) is 0. The van der Waals surface area contributed by atoms with E-state index in [4.69, 9.17) is 4.74 Å². The lowest BCUT2D eigenvalue weighted by atomic mass is 10.1. The molecule has 3 fully saturated rings. The minimum atomic E-state index is 0.819. The second kappa shape index (κ2) is 6.99. The maximum absolute atomic E-state index is 5.40. The van der Waals surface area contributed by atoms with Crippen molar-refractivity contribution >= 4 is 0 Å². The predicted molar refractivity (Wildman–Crippen MR) is 76.5 cm³/mol. The third kappa shape index (κ3) is 3.89. The van der Waals surface area contributed by atoms with Crippen molar-refractivity contribution in [2.24, 2.45) is 0 Å². The summed E-state index contributed by atoms with van der Waals surface area (Å²) in [5.41, 5.74) is 0. The lowest BCUT2D eigenvalue weighted by Crippen LogP contribution is -2.57. The number of nitrogens with one attached hydrogen (secondary N) is 1. The Kier molecular flexibility index (Phi) is 5.07. The van der Waals surface area contributed by atoms with Gasteiger partial charge in [0.05, 0.1) is 13.2 Å². The highest BCUT2D eigenvalue weighted by Gasteiger charge is 2.26. The van der Waals surface area contributed by atoms with Crippen molar-refractivity contribution in [1.29, 1.82) is 0 Å². The van der Waals surface area contributed by atoms with Gasteiger partial charge in [-0.2, -0.15) is 0 Å². The van der Waals surface area contributed by atoms with E-state index in [1.54, 1.807) is 0 Å². The molecule has 0 spiro atoms. The fourth-order valence-corrected chi connectivity index (χ4v) is 3.22. The van der Waals surface area contributed by atoms with Crippen LogP contribution in [0.3, 0.4) is 0 Å². The molecule has 3 aliphatic heterocycles. The first-order chi connectivity index (χ1) is 9.42. The van der Waals surface area contributed by atoms with Gasteiger partial charge in [-0.25, -0.2) is 0 Å². The molecule has 3 rings (SSSR count). The van der Waals surface area contributed by atoms with Gasteiger partial charge >= 0.3 is 0 Å². The molecule has 0 amide bonds. The van der Waals surface area contributed by atoms with Gasteiger partial charge in [0.2, 0.25) is 0 Å². The van der Waals surface area contributed by atoms with Gasteiger partial charge in [-0.3, -0.25) is 9.80 Å². The van der Waals surface area contributed by atoms with E-state index < -0.39 is 0 Å². The smallest absolute Gasteiger partial charge is 0.0594 e. The van der Waals surface area contributed by atoms with Crippen LogP contribution in [0, 0.1) is 0 Å². The molecule has 1 N–H and O–H groups in total. The molecule has 0 aromatic rings. The second-order valence-corrected chi connectivity index (χ2v) is 6.00. The van der Waals surface area contributed by atoms with Gasteiger partial charge in [-0.1, -0.05) is 0 Å². The van der Waals surface area contributed by atoms with Crippen LogP contribution in [0.5, 0.6) is 0 Å². The Bertz CT molecular complexity index is 266. The van der Waals surface area contributed by atoms with E-state index in [9.17, 15) is 0 Å². The zero-order chi connectivity index (χ0) is 12.9. The van der Waals surface area contributed by atoms with Gasteiger partial charge in [0.25, 0.3) is 0 Å². The van der Waals surface area contributed by atoms with Gasteiger partial charge in [-0.05, 0) is 19.5 Å². The molecule has 0 unspecified atom stereocenters. The minimum absolute atomic E-state index is 0.819. The molecule has 0 aromatic carbocycles. The lowest BCUT2D eigenvalue weighted by Gasteiger charge is -2.37. The van der Waals surface area contributed by atoms with Crippen molar-refractivity contribution in [2.45, 2.75) is 12.5 Å². The molecule has 0 atom stereocenters. The Morgan fingerprint density at radius 2 is 1.58 bits per heavy atom. The fourth-order valence-electron chi connectivity index (χ4n) is 3.22. The highest BCUT2D eigenvalue weighted by atomic mass is 16.5. The van der Waals surface area contributed by atoms with Gasteiger partial charge in [-0.15, -0.1) is 0 Å². The first-order valence-corrected chi connectivity index (χ1v) is 7.89. The van der Waals surface area contributed by atoms with Crippen molar-refractivity contribution in [3.05, 3.63) is 0 Å². The maximum Gasteiger partial charge on any atom is 0.0594 e. The topological polar surface area (TPSA) is 31.0 Å². The maximum atomic E-state index is 5.40. The van der Waals surface area contributed by atoms with Crippen LogP contribution in [0.2, 0.25) is 0 Å². The monoisotopic (exact) mass is 268 g/mol. The Labute approximate surface area is 116 Å². The predicted octanol–water partition coefficient (Wildman–Crippen LogP) is -0.702. The second-order valence-electron chi connectivity index (χ2n) is 6.00. The molecular formula is C14H28N4O. The van der Waals surface area contributed by atoms with Crippen molar-refractivity contribution in [3.8, 4) is 0 Å². The van der Waals surface area contributed by atoms with E-state index in [0.29, 0.717) is 0 Å². The number of ether oxygens (including phenoxy) is 1. The summed E-state index contributed by atoms with van der Waals surface area (Å²) in [4.78, 5) is 7.88. The normalized spacial score (nSPS) is 29.1. The van der Waals surface area contributed by atoms with E-state index in [1.165, 1.54) is 58.8 Å². The average Bonchev–Trinajstić information content (AvgIpc) is 2.62. The lowest BCUT2D eigenvalue weighted by molar-refractivity contribution is 0.0334. The zero-order valence-electron chi connectivity index (χ0n) is 12.0. The van der Waals surface area contributed by atoms with Crippen LogP contribution >= 0.6 is 0 Å². The van der Waals surface area contributed by atoms with Crippen LogP contribution < -0.4 is 5.32 Å². The first kappa shape index (κ1) is 13.8. The summed E-state index contributed by atoms with van der Waals surface area (Å²) in [6.07, 6.45) is 1.33. The summed E-state index contributed by atoms with van der Waals surface area (Å²) in [7, 11) is 0. The number of nitrogens with zero attached hydrogens (tertiary/aromatic N) is 3. The van der Waals surface area contributed by atoms with Crippen LogP contribution in [-0.2, 0) is 4.74 Å². The molecule has 5 heteroatoms. The molecule has 0 radical (unpaired) electrons. The van der Waals surface area contributed by atoms with E-state index >= 15 is 0 Å². The summed E-state index contributed by atoms with van der Waals surface area (Å²) in [6, 6.07) is 0.819. The molecular weight excluding hydrogens is 240 g/mol. The van der Waals surface area contributed by atoms with Gasteiger partial charge < -0.3 is 15.0 Å². The van der Waals surface area contributed by atoms with Crippen LogP contribution in [0.15, 0.2) is 0 Å². The largest absolute Gasteiger partial charge is 0.379 e. The fraction of sp³-hybridized carbons (Fsp3) is 1.00. The van der Waals surface area contributed by atoms with E-state index in [-0.39, 0.29) is 0 Å².